The van der Waals surface area contributed by atoms with E-state index in [1.807, 2.05) is 11.6 Å². The monoisotopic (exact) mass is 198 g/mol. The van der Waals surface area contributed by atoms with Crippen LogP contribution in [-0.2, 0) is 13.6 Å². The summed E-state index contributed by atoms with van der Waals surface area (Å²) in [7, 11) is 1.90. The summed E-state index contributed by atoms with van der Waals surface area (Å²) >= 11 is 0. The first kappa shape index (κ1) is 11.1. The molecular formula is C9H18N4O. The average molecular weight is 198 g/mol. The van der Waals surface area contributed by atoms with Gasteiger partial charge in [-0.1, -0.05) is 13.8 Å². The van der Waals surface area contributed by atoms with E-state index in [9.17, 15) is 0 Å². The summed E-state index contributed by atoms with van der Waals surface area (Å²) in [6.07, 6.45) is 1.67. The molecule has 1 heterocycles. The summed E-state index contributed by atoms with van der Waals surface area (Å²) in [5, 5.41) is 20.1. The summed E-state index contributed by atoms with van der Waals surface area (Å²) in [5.74, 6) is 1.29. The minimum absolute atomic E-state index is 0.117. The molecule has 1 aromatic heterocycles. The van der Waals surface area contributed by atoms with Crippen LogP contribution in [0.4, 0.5) is 0 Å². The van der Waals surface area contributed by atoms with Gasteiger partial charge in [-0.15, -0.1) is 10.2 Å². The fourth-order valence-electron chi connectivity index (χ4n) is 1.20. The minimum atomic E-state index is 0.117. The number of aliphatic hydroxyl groups excluding tert-OH is 1. The van der Waals surface area contributed by atoms with Crippen molar-refractivity contribution in [1.29, 1.82) is 0 Å². The highest BCUT2D eigenvalue weighted by atomic mass is 16.3. The Hall–Kier alpha value is -0.940. The summed E-state index contributed by atoms with van der Waals surface area (Å²) in [4.78, 5) is 0. The number of aryl methyl sites for hydroxylation is 1. The number of aliphatic hydroxyl groups is 1. The van der Waals surface area contributed by atoms with Gasteiger partial charge in [-0.2, -0.15) is 0 Å². The van der Waals surface area contributed by atoms with Crippen LogP contribution in [0.5, 0.6) is 0 Å². The zero-order valence-electron chi connectivity index (χ0n) is 8.94. The first-order valence-electron chi connectivity index (χ1n) is 4.82. The number of nitrogens with zero attached hydrogens (tertiary/aromatic N) is 3. The molecule has 0 unspecified atom stereocenters. The molecule has 0 bridgehead atoms. The van der Waals surface area contributed by atoms with Crippen molar-refractivity contribution in [3.63, 3.8) is 0 Å². The number of hydrogen-bond donors (Lipinski definition) is 2. The van der Waals surface area contributed by atoms with E-state index in [0.717, 1.165) is 5.82 Å². The predicted octanol–water partition coefficient (Wildman–Crippen LogP) is -0.0784. The van der Waals surface area contributed by atoms with Crippen molar-refractivity contribution in [3.05, 3.63) is 12.2 Å². The van der Waals surface area contributed by atoms with E-state index in [-0.39, 0.29) is 12.6 Å². The third-order valence-corrected chi connectivity index (χ3v) is 2.33. The maximum Gasteiger partial charge on any atom is 0.146 e. The maximum absolute atomic E-state index is 9.09. The molecule has 1 rings (SSSR count). The van der Waals surface area contributed by atoms with Crippen LogP contribution in [0.3, 0.4) is 0 Å². The normalized spacial score (nSPS) is 13.5. The highest BCUT2D eigenvalue weighted by Crippen LogP contribution is 2.01. The van der Waals surface area contributed by atoms with Crippen molar-refractivity contribution >= 4 is 0 Å². The number of aromatic nitrogens is 3. The predicted molar refractivity (Wildman–Crippen MR) is 53.6 cm³/mol. The van der Waals surface area contributed by atoms with Gasteiger partial charge in [0, 0.05) is 13.1 Å². The molecule has 0 aliphatic rings. The molecule has 0 aliphatic carbocycles. The number of hydrogen-bond acceptors (Lipinski definition) is 4. The van der Waals surface area contributed by atoms with Crippen molar-refractivity contribution in [2.45, 2.75) is 26.4 Å². The largest absolute Gasteiger partial charge is 0.395 e. The second-order valence-corrected chi connectivity index (χ2v) is 3.77. The van der Waals surface area contributed by atoms with Gasteiger partial charge in [0.2, 0.25) is 0 Å². The zero-order chi connectivity index (χ0) is 10.6. The Bertz CT molecular complexity index is 272. The highest BCUT2D eigenvalue weighted by molar-refractivity contribution is 4.84. The smallest absolute Gasteiger partial charge is 0.146 e. The second-order valence-electron chi connectivity index (χ2n) is 3.77. The van der Waals surface area contributed by atoms with Gasteiger partial charge < -0.3 is 15.0 Å². The molecule has 0 saturated carbocycles. The van der Waals surface area contributed by atoms with Crippen molar-refractivity contribution in [2.24, 2.45) is 13.0 Å². The highest BCUT2D eigenvalue weighted by Gasteiger charge is 2.12. The summed E-state index contributed by atoms with van der Waals surface area (Å²) in [5.41, 5.74) is 0. The van der Waals surface area contributed by atoms with Crippen LogP contribution in [-0.4, -0.2) is 32.5 Å². The van der Waals surface area contributed by atoms with Crippen LogP contribution >= 0.6 is 0 Å². The molecule has 1 aromatic rings. The average Bonchev–Trinajstić information content (AvgIpc) is 2.52. The lowest BCUT2D eigenvalue weighted by atomic mass is 10.1. The van der Waals surface area contributed by atoms with E-state index >= 15 is 0 Å². The minimum Gasteiger partial charge on any atom is -0.395 e. The van der Waals surface area contributed by atoms with E-state index in [1.54, 1.807) is 6.33 Å². The molecule has 0 fully saturated rings. The van der Waals surface area contributed by atoms with Crippen LogP contribution in [0.2, 0.25) is 0 Å². The van der Waals surface area contributed by atoms with Crippen LogP contribution in [0.1, 0.15) is 19.7 Å². The molecule has 0 saturated heterocycles. The van der Waals surface area contributed by atoms with Gasteiger partial charge in [-0.25, -0.2) is 0 Å². The van der Waals surface area contributed by atoms with Crippen LogP contribution in [0, 0.1) is 5.92 Å². The van der Waals surface area contributed by atoms with Gasteiger partial charge in [0.25, 0.3) is 0 Å². The van der Waals surface area contributed by atoms with E-state index in [2.05, 4.69) is 29.4 Å². The Morgan fingerprint density at radius 3 is 2.71 bits per heavy atom. The zero-order valence-corrected chi connectivity index (χ0v) is 8.94. The standard InChI is InChI=1S/C9H18N4O/c1-7(2)8(5-14)10-4-9-12-11-6-13(9)3/h6-8,10,14H,4-5H2,1-3H3/t8-/m1/s1. The Kier molecular flexibility index (Phi) is 4.03. The summed E-state index contributed by atoms with van der Waals surface area (Å²) < 4.78 is 1.86. The maximum atomic E-state index is 9.09. The Balaban J connectivity index is 2.43. The van der Waals surface area contributed by atoms with Gasteiger partial charge in [0.1, 0.15) is 12.2 Å². The second kappa shape index (κ2) is 5.07. The molecule has 0 amide bonds. The third-order valence-electron chi connectivity index (χ3n) is 2.33. The first-order valence-corrected chi connectivity index (χ1v) is 4.82. The summed E-state index contributed by atoms with van der Waals surface area (Å²) in [6.45, 7) is 4.94. The van der Waals surface area contributed by atoms with Crippen molar-refractivity contribution in [1.82, 2.24) is 20.1 Å². The van der Waals surface area contributed by atoms with Crippen molar-refractivity contribution in [3.8, 4) is 0 Å². The van der Waals surface area contributed by atoms with Gasteiger partial charge in [-0.3, -0.25) is 0 Å². The molecular weight excluding hydrogens is 180 g/mol. The molecule has 2 N–H and O–H groups in total. The van der Waals surface area contributed by atoms with Crippen LogP contribution < -0.4 is 5.32 Å². The molecule has 1 atom stereocenters. The molecule has 80 valence electrons. The SMILES string of the molecule is CC(C)[C@@H](CO)NCc1nncn1C. The van der Waals surface area contributed by atoms with E-state index in [4.69, 9.17) is 5.11 Å². The Morgan fingerprint density at radius 1 is 1.57 bits per heavy atom. The number of rotatable bonds is 5. The fourth-order valence-corrected chi connectivity index (χ4v) is 1.20. The lowest BCUT2D eigenvalue weighted by molar-refractivity contribution is 0.209. The molecule has 14 heavy (non-hydrogen) atoms. The van der Waals surface area contributed by atoms with Gasteiger partial charge in [0.05, 0.1) is 13.2 Å². The Morgan fingerprint density at radius 2 is 2.29 bits per heavy atom. The molecule has 5 heteroatoms. The Labute approximate surface area is 84.2 Å². The first-order chi connectivity index (χ1) is 6.65. The molecule has 0 aliphatic heterocycles. The molecule has 0 aromatic carbocycles. The van der Waals surface area contributed by atoms with Gasteiger partial charge >= 0.3 is 0 Å². The van der Waals surface area contributed by atoms with E-state index in [0.29, 0.717) is 12.5 Å². The van der Waals surface area contributed by atoms with Crippen molar-refractivity contribution in [2.75, 3.05) is 6.61 Å². The van der Waals surface area contributed by atoms with Gasteiger partial charge in [0.15, 0.2) is 0 Å². The molecule has 0 radical (unpaired) electrons. The lowest BCUT2D eigenvalue weighted by Gasteiger charge is -2.19. The molecule has 5 nitrogen and oxygen atoms in total. The lowest BCUT2D eigenvalue weighted by Crippen LogP contribution is -2.37. The number of nitrogens with one attached hydrogen (secondary N) is 1. The van der Waals surface area contributed by atoms with E-state index < -0.39 is 0 Å². The fraction of sp³-hybridized carbons (Fsp3) is 0.778. The van der Waals surface area contributed by atoms with Crippen molar-refractivity contribution < 1.29 is 5.11 Å². The topological polar surface area (TPSA) is 63.0 Å². The summed E-state index contributed by atoms with van der Waals surface area (Å²) in [6, 6.07) is 0.117. The third kappa shape index (κ3) is 2.78. The quantitative estimate of drug-likeness (QED) is 0.694. The van der Waals surface area contributed by atoms with Crippen LogP contribution in [0.15, 0.2) is 6.33 Å². The van der Waals surface area contributed by atoms with Gasteiger partial charge in [-0.05, 0) is 5.92 Å². The van der Waals surface area contributed by atoms with Crippen LogP contribution in [0.25, 0.3) is 0 Å². The molecule has 0 spiro atoms. The van der Waals surface area contributed by atoms with E-state index in [1.165, 1.54) is 0 Å².